The molecule has 0 saturated carbocycles. The molecule has 0 amide bonds. The van der Waals surface area contributed by atoms with Crippen LogP contribution in [0, 0.1) is 6.92 Å². The van der Waals surface area contributed by atoms with Crippen molar-refractivity contribution in [1.29, 1.82) is 0 Å². The lowest BCUT2D eigenvalue weighted by atomic mass is 10.0. The summed E-state index contributed by atoms with van der Waals surface area (Å²) in [6, 6.07) is 18.6. The van der Waals surface area contributed by atoms with Gasteiger partial charge in [0.05, 0.1) is 59.3 Å². The van der Waals surface area contributed by atoms with Crippen molar-refractivity contribution in [2.45, 2.75) is 6.92 Å². The molecular formula is C48H32N4. The molecule has 0 bridgehead atoms. The summed E-state index contributed by atoms with van der Waals surface area (Å²) >= 11 is 0. The van der Waals surface area contributed by atoms with E-state index in [1.54, 1.807) is 19.1 Å². The normalized spacial score (nSPS) is 16.0. The summed E-state index contributed by atoms with van der Waals surface area (Å²) in [6.07, 6.45) is 0. The summed E-state index contributed by atoms with van der Waals surface area (Å²) in [5.41, 5.74) is 3.23. The second kappa shape index (κ2) is 11.0. The van der Waals surface area contributed by atoms with E-state index in [-0.39, 0.29) is 66.9 Å². The van der Waals surface area contributed by atoms with Gasteiger partial charge in [-0.2, -0.15) is 0 Å². The number of fused-ring (bicyclic) bond motifs is 9. The monoisotopic (exact) mass is 679 g/mol. The molecule has 0 saturated heterocycles. The van der Waals surface area contributed by atoms with Gasteiger partial charge in [0.15, 0.2) is 0 Å². The molecule has 0 spiro atoms. The lowest BCUT2D eigenvalue weighted by Gasteiger charge is -2.18. The number of rotatable bonds is 4. The average molecular weight is 680 g/mol. The molecule has 0 aliphatic rings. The molecule has 0 radical (unpaired) electrons. The second-order valence-electron chi connectivity index (χ2n) is 12.5. The van der Waals surface area contributed by atoms with E-state index in [2.05, 4.69) is 4.57 Å². The molecule has 7 aromatic carbocycles. The molecule has 0 fully saturated rings. The first-order valence-electron chi connectivity index (χ1n) is 24.1. The average Bonchev–Trinajstić information content (AvgIpc) is 4.01. The molecular weight excluding hydrogens is 633 g/mol. The molecule has 4 nitrogen and oxygen atoms in total. The van der Waals surface area contributed by atoms with E-state index < -0.39 is 84.6 Å². The van der Waals surface area contributed by atoms with Crippen molar-refractivity contribution < 1.29 is 20.6 Å². The molecule has 0 atom stereocenters. The minimum absolute atomic E-state index is 0.0139. The van der Waals surface area contributed by atoms with Gasteiger partial charge in [0.25, 0.3) is 0 Å². The Morgan fingerprint density at radius 2 is 0.942 bits per heavy atom. The third-order valence-corrected chi connectivity index (χ3v) is 9.72. The minimum Gasteiger partial charge on any atom is -0.309 e. The van der Waals surface area contributed by atoms with Crippen LogP contribution >= 0.6 is 0 Å². The van der Waals surface area contributed by atoms with Crippen LogP contribution in [0.15, 0.2) is 176 Å². The number of nitrogens with zero attached hydrogens (tertiary/aromatic N) is 4. The lowest BCUT2D eigenvalue weighted by Crippen LogP contribution is -2.05. The molecule has 4 heterocycles. The van der Waals surface area contributed by atoms with Gasteiger partial charge in [0.2, 0.25) is 0 Å². The van der Waals surface area contributed by atoms with Crippen LogP contribution in [0.3, 0.4) is 0 Å². The topological polar surface area (TPSA) is 27.7 Å². The Bertz CT molecular complexity index is 3690. The highest BCUT2D eigenvalue weighted by Crippen LogP contribution is 2.40. The molecule has 0 unspecified atom stereocenters. The fraction of sp³-hybridized carbons (Fsp3) is 0.0208. The fourth-order valence-corrected chi connectivity index (χ4v) is 7.58. The standard InChI is InChI=1S/C48H32N4/c1-31-15-14-22-39-38-21-7-13-28-45(38)52(48(31)39)47-30-32(29-46(49-47)51-43-26-11-5-19-36(43)37-20-6-12-27-44(37)51)33-16-2-8-23-40(33)50-41-24-9-3-17-34(41)35-18-4-10-25-42(35)50/h2-30H,1H3/i5D,6D,7D,11D,12D,13D,14D,15D,19D,20D,21D,22D,26D,27D,28D. The molecule has 0 aliphatic heterocycles. The van der Waals surface area contributed by atoms with Gasteiger partial charge in [-0.15, -0.1) is 0 Å². The number of pyridine rings is 1. The van der Waals surface area contributed by atoms with Gasteiger partial charge >= 0.3 is 0 Å². The largest absolute Gasteiger partial charge is 0.309 e. The highest BCUT2D eigenvalue weighted by atomic mass is 15.1. The fourth-order valence-electron chi connectivity index (χ4n) is 7.58. The maximum absolute atomic E-state index is 9.32. The number of aromatic nitrogens is 4. The van der Waals surface area contributed by atoms with Crippen molar-refractivity contribution in [2.75, 3.05) is 0 Å². The quantitative estimate of drug-likeness (QED) is 0.182. The maximum atomic E-state index is 9.32. The van der Waals surface area contributed by atoms with Crippen molar-refractivity contribution >= 4 is 65.4 Å². The summed E-state index contributed by atoms with van der Waals surface area (Å²) in [7, 11) is 0. The first-order chi connectivity index (χ1) is 32.0. The van der Waals surface area contributed by atoms with Crippen molar-refractivity contribution in [2.24, 2.45) is 0 Å². The predicted molar refractivity (Wildman–Crippen MR) is 217 cm³/mol. The van der Waals surface area contributed by atoms with Crippen LogP contribution in [0.25, 0.3) is 93.9 Å². The van der Waals surface area contributed by atoms with Gasteiger partial charge in [-0.25, -0.2) is 4.98 Å². The SMILES string of the molecule is [2H]c1c([2H])c([2H])c2c(c1[2H])c1c([2H])c([2H])c([2H])c([2H])c1n2-c1cc(-c2ccccc2-n2c3ccccc3c3ccccc32)cc(-n2c3c([2H])c([2H])c([2H])c([2H])c3c3c([2H])c([2H])c([2H])c(C)c32)n1. The highest BCUT2D eigenvalue weighted by molar-refractivity contribution is 6.12. The molecule has 4 heteroatoms. The van der Waals surface area contributed by atoms with Gasteiger partial charge in [0.1, 0.15) is 11.6 Å². The molecule has 244 valence electrons. The number of aryl methyl sites for hydroxylation is 1. The zero-order valence-corrected chi connectivity index (χ0v) is 27.4. The van der Waals surface area contributed by atoms with Crippen molar-refractivity contribution in [1.82, 2.24) is 18.7 Å². The zero-order valence-electron chi connectivity index (χ0n) is 42.4. The number of para-hydroxylation sites is 7. The molecule has 52 heavy (non-hydrogen) atoms. The van der Waals surface area contributed by atoms with Gasteiger partial charge < -0.3 is 4.57 Å². The van der Waals surface area contributed by atoms with Crippen LogP contribution in [0.2, 0.25) is 0 Å². The molecule has 4 aromatic heterocycles. The van der Waals surface area contributed by atoms with E-state index in [0.717, 1.165) is 21.8 Å². The number of benzene rings is 7. The van der Waals surface area contributed by atoms with Crippen LogP contribution in [-0.4, -0.2) is 18.7 Å². The third kappa shape index (κ3) is 4.06. The Morgan fingerprint density at radius 3 is 1.60 bits per heavy atom. The van der Waals surface area contributed by atoms with Gasteiger partial charge in [-0.3, -0.25) is 9.13 Å². The van der Waals surface area contributed by atoms with E-state index >= 15 is 0 Å². The predicted octanol–water partition coefficient (Wildman–Crippen LogP) is 12.3. The second-order valence-corrected chi connectivity index (χ2v) is 12.5. The van der Waals surface area contributed by atoms with E-state index in [0.29, 0.717) is 16.8 Å². The summed E-state index contributed by atoms with van der Waals surface area (Å²) in [5, 5.41) is 1.53. The highest BCUT2D eigenvalue weighted by Gasteiger charge is 2.21. The van der Waals surface area contributed by atoms with Gasteiger partial charge in [0, 0.05) is 37.9 Å². The minimum atomic E-state index is -0.629. The Balaban J connectivity index is 1.38. The first kappa shape index (κ1) is 17.8. The van der Waals surface area contributed by atoms with E-state index in [9.17, 15) is 4.11 Å². The third-order valence-electron chi connectivity index (χ3n) is 9.72. The maximum Gasteiger partial charge on any atom is 0.140 e. The summed E-state index contributed by atoms with van der Waals surface area (Å²) < 4.78 is 139. The van der Waals surface area contributed by atoms with Crippen molar-refractivity contribution in [3.63, 3.8) is 0 Å². The lowest BCUT2D eigenvalue weighted by molar-refractivity contribution is 1.01. The van der Waals surface area contributed by atoms with Crippen LogP contribution < -0.4 is 0 Å². The van der Waals surface area contributed by atoms with E-state index in [1.807, 2.05) is 72.8 Å². The zero-order chi connectivity index (χ0) is 47.4. The van der Waals surface area contributed by atoms with Crippen LogP contribution in [0.1, 0.15) is 26.1 Å². The summed E-state index contributed by atoms with van der Waals surface area (Å²) in [4.78, 5) is 5.12. The van der Waals surface area contributed by atoms with Crippen LogP contribution in [0.5, 0.6) is 0 Å². The smallest absolute Gasteiger partial charge is 0.140 e. The molecule has 11 rings (SSSR count). The van der Waals surface area contributed by atoms with Crippen molar-refractivity contribution in [3.05, 3.63) is 181 Å². The molecule has 11 aromatic rings. The van der Waals surface area contributed by atoms with Crippen molar-refractivity contribution in [3.8, 4) is 28.5 Å². The summed E-state index contributed by atoms with van der Waals surface area (Å²) in [6.45, 7) is 1.55. The van der Waals surface area contributed by atoms with Gasteiger partial charge in [-0.1, -0.05) is 127 Å². The first-order valence-corrected chi connectivity index (χ1v) is 16.6. The number of hydrogen-bond donors (Lipinski definition) is 0. The molecule has 0 aliphatic carbocycles. The van der Waals surface area contributed by atoms with Crippen LogP contribution in [-0.2, 0) is 0 Å². The molecule has 0 N–H and O–H groups in total. The number of hydrogen-bond acceptors (Lipinski definition) is 1. The van der Waals surface area contributed by atoms with E-state index in [1.165, 1.54) is 9.13 Å². The van der Waals surface area contributed by atoms with E-state index in [4.69, 9.17) is 21.4 Å². The Hall–Kier alpha value is -6.91. The van der Waals surface area contributed by atoms with Gasteiger partial charge in [-0.05, 0) is 66.5 Å². The Morgan fingerprint density at radius 1 is 0.442 bits per heavy atom. The summed E-state index contributed by atoms with van der Waals surface area (Å²) in [5.74, 6) is -0.131. The Kier molecular flexibility index (Phi) is 3.79. The van der Waals surface area contributed by atoms with Crippen LogP contribution in [0.4, 0.5) is 0 Å². The Labute approximate surface area is 321 Å².